The zero-order chi connectivity index (χ0) is 12.4. The number of carboxylic acids is 1. The molecule has 0 aliphatic carbocycles. The van der Waals surface area contributed by atoms with Gasteiger partial charge in [0, 0.05) is 45.4 Å². The number of nitrogens with zero attached hydrogens (tertiary/aromatic N) is 3. The van der Waals surface area contributed by atoms with E-state index >= 15 is 0 Å². The first kappa shape index (κ1) is 12.1. The molecule has 0 aromatic carbocycles. The SMILES string of the molecule is Cn1ccnc1CCN1CC(O)CC1C(=O)O. The van der Waals surface area contributed by atoms with Crippen LogP contribution in [-0.2, 0) is 18.3 Å². The highest BCUT2D eigenvalue weighted by atomic mass is 16.4. The fourth-order valence-electron chi connectivity index (χ4n) is 2.26. The van der Waals surface area contributed by atoms with Gasteiger partial charge < -0.3 is 14.8 Å². The molecule has 2 N–H and O–H groups in total. The Morgan fingerprint density at radius 3 is 3.00 bits per heavy atom. The molecule has 1 aromatic heterocycles. The first-order chi connectivity index (χ1) is 8.08. The minimum absolute atomic E-state index is 0.315. The lowest BCUT2D eigenvalue weighted by molar-refractivity contribution is -0.142. The molecule has 1 aliphatic rings. The zero-order valence-corrected chi connectivity index (χ0v) is 9.78. The molecule has 2 rings (SSSR count). The summed E-state index contributed by atoms with van der Waals surface area (Å²) in [6, 6.07) is -0.565. The van der Waals surface area contributed by atoms with Crippen LogP contribution in [0.5, 0.6) is 0 Å². The monoisotopic (exact) mass is 239 g/mol. The number of β-amino-alcohol motifs (C(OH)–C–C–N with tert-alkyl or cyclic N) is 1. The average Bonchev–Trinajstić information content (AvgIpc) is 2.82. The fraction of sp³-hybridized carbons (Fsp3) is 0.636. The van der Waals surface area contributed by atoms with Crippen molar-refractivity contribution in [1.29, 1.82) is 0 Å². The van der Waals surface area contributed by atoms with Gasteiger partial charge in [0.25, 0.3) is 0 Å². The Morgan fingerprint density at radius 2 is 2.41 bits per heavy atom. The number of hydrogen-bond donors (Lipinski definition) is 2. The molecule has 17 heavy (non-hydrogen) atoms. The van der Waals surface area contributed by atoms with E-state index in [1.807, 2.05) is 22.7 Å². The van der Waals surface area contributed by atoms with Crippen molar-refractivity contribution >= 4 is 5.97 Å². The van der Waals surface area contributed by atoms with E-state index in [9.17, 15) is 9.90 Å². The number of carbonyl (C=O) groups is 1. The summed E-state index contributed by atoms with van der Waals surface area (Å²) < 4.78 is 1.92. The molecule has 94 valence electrons. The summed E-state index contributed by atoms with van der Waals surface area (Å²) in [5.74, 6) is 0.0666. The van der Waals surface area contributed by atoms with Crippen molar-refractivity contribution < 1.29 is 15.0 Å². The van der Waals surface area contributed by atoms with Gasteiger partial charge in [-0.25, -0.2) is 4.98 Å². The summed E-state index contributed by atoms with van der Waals surface area (Å²) in [4.78, 5) is 17.0. The summed E-state index contributed by atoms with van der Waals surface area (Å²) in [7, 11) is 1.91. The maximum absolute atomic E-state index is 11.0. The van der Waals surface area contributed by atoms with E-state index in [4.69, 9.17) is 5.11 Å². The van der Waals surface area contributed by atoms with Gasteiger partial charge in [-0.05, 0) is 0 Å². The highest BCUT2D eigenvalue weighted by Gasteiger charge is 2.35. The number of hydrogen-bond acceptors (Lipinski definition) is 4. The van der Waals surface area contributed by atoms with Crippen LogP contribution < -0.4 is 0 Å². The zero-order valence-electron chi connectivity index (χ0n) is 9.78. The number of likely N-dealkylation sites (tertiary alicyclic amines) is 1. The van der Waals surface area contributed by atoms with E-state index < -0.39 is 18.1 Å². The second kappa shape index (κ2) is 4.85. The number of aryl methyl sites for hydroxylation is 1. The van der Waals surface area contributed by atoms with Crippen LogP contribution in [-0.4, -0.2) is 55.9 Å². The van der Waals surface area contributed by atoms with Crippen LogP contribution in [0.4, 0.5) is 0 Å². The molecule has 0 amide bonds. The summed E-state index contributed by atoms with van der Waals surface area (Å²) in [5.41, 5.74) is 0. The Balaban J connectivity index is 1.94. The van der Waals surface area contributed by atoms with Crippen molar-refractivity contribution in [3.8, 4) is 0 Å². The van der Waals surface area contributed by atoms with Gasteiger partial charge in [0.2, 0.25) is 0 Å². The van der Waals surface area contributed by atoms with Crippen molar-refractivity contribution in [1.82, 2.24) is 14.5 Å². The Morgan fingerprint density at radius 1 is 1.65 bits per heavy atom. The highest BCUT2D eigenvalue weighted by molar-refractivity contribution is 5.74. The summed E-state index contributed by atoms with van der Waals surface area (Å²) >= 11 is 0. The Labute approximate surface area is 99.5 Å². The molecule has 0 saturated carbocycles. The third-order valence-electron chi connectivity index (χ3n) is 3.21. The molecule has 1 aliphatic heterocycles. The predicted molar refractivity (Wildman–Crippen MR) is 60.5 cm³/mol. The topological polar surface area (TPSA) is 78.6 Å². The quantitative estimate of drug-likeness (QED) is 0.739. The molecule has 2 heterocycles. The fourth-order valence-corrected chi connectivity index (χ4v) is 2.26. The van der Waals surface area contributed by atoms with Gasteiger partial charge in [0.15, 0.2) is 0 Å². The third kappa shape index (κ3) is 2.65. The molecule has 0 spiro atoms. The smallest absolute Gasteiger partial charge is 0.321 e. The van der Waals surface area contributed by atoms with Crippen LogP contribution in [0.1, 0.15) is 12.2 Å². The van der Waals surface area contributed by atoms with E-state index in [-0.39, 0.29) is 0 Å². The lowest BCUT2D eigenvalue weighted by Gasteiger charge is -2.20. The maximum atomic E-state index is 11.0. The minimum Gasteiger partial charge on any atom is -0.480 e. The van der Waals surface area contributed by atoms with Crippen LogP contribution >= 0.6 is 0 Å². The van der Waals surface area contributed by atoms with Crippen molar-refractivity contribution in [3.63, 3.8) is 0 Å². The first-order valence-electron chi connectivity index (χ1n) is 5.69. The second-order valence-corrected chi connectivity index (χ2v) is 4.44. The lowest BCUT2D eigenvalue weighted by Crippen LogP contribution is -2.37. The molecule has 2 atom stereocenters. The van der Waals surface area contributed by atoms with E-state index in [2.05, 4.69) is 4.98 Å². The van der Waals surface area contributed by atoms with Gasteiger partial charge in [-0.15, -0.1) is 0 Å². The first-order valence-corrected chi connectivity index (χ1v) is 5.69. The molecule has 1 saturated heterocycles. The van der Waals surface area contributed by atoms with Crippen LogP contribution in [0, 0.1) is 0 Å². The van der Waals surface area contributed by atoms with E-state index in [0.717, 1.165) is 5.82 Å². The van der Waals surface area contributed by atoms with Crippen LogP contribution in [0.2, 0.25) is 0 Å². The summed E-state index contributed by atoms with van der Waals surface area (Å²) in [6.07, 6.45) is 4.07. The molecular formula is C11H17N3O3. The number of carboxylic acid groups (broad SMARTS) is 1. The number of aliphatic hydroxyl groups is 1. The molecule has 6 nitrogen and oxygen atoms in total. The Kier molecular flexibility index (Phi) is 3.44. The maximum Gasteiger partial charge on any atom is 0.321 e. The largest absolute Gasteiger partial charge is 0.480 e. The van der Waals surface area contributed by atoms with Crippen molar-refractivity contribution in [2.75, 3.05) is 13.1 Å². The minimum atomic E-state index is -0.860. The average molecular weight is 239 g/mol. The van der Waals surface area contributed by atoms with Gasteiger partial charge in [-0.3, -0.25) is 9.69 Å². The molecule has 1 aromatic rings. The van der Waals surface area contributed by atoms with Crippen LogP contribution in [0.25, 0.3) is 0 Å². The second-order valence-electron chi connectivity index (χ2n) is 4.44. The van der Waals surface area contributed by atoms with Gasteiger partial charge in [-0.2, -0.15) is 0 Å². The lowest BCUT2D eigenvalue weighted by atomic mass is 10.2. The van der Waals surface area contributed by atoms with Crippen molar-refractivity contribution in [2.24, 2.45) is 7.05 Å². The van der Waals surface area contributed by atoms with Gasteiger partial charge in [0.1, 0.15) is 11.9 Å². The molecule has 1 fully saturated rings. The van der Waals surface area contributed by atoms with E-state index in [1.165, 1.54) is 0 Å². The molecule has 2 unspecified atom stereocenters. The van der Waals surface area contributed by atoms with Gasteiger partial charge >= 0.3 is 5.97 Å². The number of aliphatic carboxylic acids is 1. The van der Waals surface area contributed by atoms with E-state index in [1.54, 1.807) is 6.20 Å². The van der Waals surface area contributed by atoms with Crippen molar-refractivity contribution in [3.05, 3.63) is 18.2 Å². The van der Waals surface area contributed by atoms with Crippen molar-refractivity contribution in [2.45, 2.75) is 25.0 Å². The Bertz CT molecular complexity index is 404. The standard InChI is InChI=1S/C11H17N3O3/c1-13-5-3-12-10(13)2-4-14-7-8(15)6-9(14)11(16)17/h3,5,8-9,15H,2,4,6-7H2,1H3,(H,16,17). The molecule has 6 heteroatoms. The predicted octanol–water partition coefficient (Wildman–Crippen LogP) is -0.518. The van der Waals surface area contributed by atoms with Gasteiger partial charge in [-0.1, -0.05) is 0 Å². The number of aromatic nitrogens is 2. The summed E-state index contributed by atoms with van der Waals surface area (Å²) in [6.45, 7) is 1.04. The van der Waals surface area contributed by atoms with Crippen LogP contribution in [0.15, 0.2) is 12.4 Å². The van der Waals surface area contributed by atoms with E-state index in [0.29, 0.717) is 25.9 Å². The van der Waals surface area contributed by atoms with Crippen LogP contribution in [0.3, 0.4) is 0 Å². The number of rotatable bonds is 4. The highest BCUT2D eigenvalue weighted by Crippen LogP contribution is 2.18. The number of aliphatic hydroxyl groups excluding tert-OH is 1. The molecular weight excluding hydrogens is 222 g/mol. The van der Waals surface area contributed by atoms with Gasteiger partial charge in [0.05, 0.1) is 6.10 Å². The molecule has 0 radical (unpaired) electrons. The normalized spacial score (nSPS) is 25.3. The number of imidazole rings is 1. The summed E-state index contributed by atoms with van der Waals surface area (Å²) in [5, 5.41) is 18.5. The molecule has 0 bridgehead atoms. The Hall–Kier alpha value is -1.40. The third-order valence-corrected chi connectivity index (χ3v) is 3.21.